The van der Waals surface area contributed by atoms with Crippen LogP contribution in [0.2, 0.25) is 0 Å². The van der Waals surface area contributed by atoms with Crippen LogP contribution in [0.5, 0.6) is 0 Å². The molecule has 0 aliphatic rings. The molecule has 0 saturated carbocycles. The summed E-state index contributed by atoms with van der Waals surface area (Å²) >= 11 is 3.44. The second-order valence-corrected chi connectivity index (χ2v) is 4.08. The molecule has 1 unspecified atom stereocenters. The van der Waals surface area contributed by atoms with Crippen molar-refractivity contribution in [3.05, 3.63) is 40.9 Å². The molecule has 0 saturated heterocycles. The number of nitrogens with zero attached hydrogens (tertiary/aromatic N) is 3. The van der Waals surface area contributed by atoms with Gasteiger partial charge >= 0.3 is 0 Å². The molecule has 15 heavy (non-hydrogen) atoms. The van der Waals surface area contributed by atoms with Gasteiger partial charge in [0.25, 0.3) is 0 Å². The van der Waals surface area contributed by atoms with E-state index in [1.165, 1.54) is 6.33 Å². The Labute approximate surface area is 95.7 Å². The Hall–Kier alpha value is -1.20. The molecule has 4 nitrogen and oxygen atoms in total. The van der Waals surface area contributed by atoms with Crippen molar-refractivity contribution in [1.82, 2.24) is 14.8 Å². The number of hydrogen-bond acceptors (Lipinski definition) is 3. The van der Waals surface area contributed by atoms with Gasteiger partial charge in [-0.05, 0) is 40.5 Å². The average Bonchev–Trinajstić information content (AvgIpc) is 2.70. The van der Waals surface area contributed by atoms with E-state index in [0.29, 0.717) is 0 Å². The van der Waals surface area contributed by atoms with E-state index in [0.717, 1.165) is 15.7 Å². The zero-order valence-corrected chi connectivity index (χ0v) is 9.72. The van der Waals surface area contributed by atoms with Gasteiger partial charge in [0, 0.05) is 4.47 Å². The third-order valence-electron chi connectivity index (χ3n) is 2.12. The van der Waals surface area contributed by atoms with Gasteiger partial charge in [0.05, 0.1) is 11.8 Å². The molecule has 1 aromatic heterocycles. The Balaban J connectivity index is 2.44. The number of hydrogen-bond donors (Lipinski definition) is 1. The minimum absolute atomic E-state index is 0.467. The fourth-order valence-corrected chi connectivity index (χ4v) is 1.88. The van der Waals surface area contributed by atoms with Gasteiger partial charge in [0.1, 0.15) is 12.7 Å². The van der Waals surface area contributed by atoms with Crippen LogP contribution in [-0.4, -0.2) is 19.9 Å². The smallest absolute Gasteiger partial charge is 0.138 e. The van der Waals surface area contributed by atoms with Crippen LogP contribution in [0.3, 0.4) is 0 Å². The third-order valence-corrected chi connectivity index (χ3v) is 2.75. The maximum Gasteiger partial charge on any atom is 0.138 e. The maximum atomic E-state index is 9.41. The monoisotopic (exact) mass is 267 g/mol. The Kier molecular flexibility index (Phi) is 2.83. The second-order valence-electron chi connectivity index (χ2n) is 3.23. The molecular weight excluding hydrogens is 258 g/mol. The zero-order valence-electron chi connectivity index (χ0n) is 8.13. The zero-order chi connectivity index (χ0) is 10.8. The van der Waals surface area contributed by atoms with E-state index in [1.807, 2.05) is 18.2 Å². The van der Waals surface area contributed by atoms with E-state index in [1.54, 1.807) is 17.9 Å². The SMILES string of the molecule is CC(O)c1ccc(-n2cncn2)c(Br)c1. The number of halogens is 1. The van der Waals surface area contributed by atoms with Gasteiger partial charge < -0.3 is 5.11 Å². The predicted molar refractivity (Wildman–Crippen MR) is 59.7 cm³/mol. The highest BCUT2D eigenvalue weighted by atomic mass is 79.9. The van der Waals surface area contributed by atoms with Crippen molar-refractivity contribution >= 4 is 15.9 Å². The summed E-state index contributed by atoms with van der Waals surface area (Å²) in [5.41, 5.74) is 1.77. The molecule has 0 radical (unpaired) electrons. The summed E-state index contributed by atoms with van der Waals surface area (Å²) in [6.45, 7) is 1.73. The molecule has 0 spiro atoms. The molecule has 1 N–H and O–H groups in total. The quantitative estimate of drug-likeness (QED) is 0.907. The van der Waals surface area contributed by atoms with Crippen LogP contribution in [-0.2, 0) is 0 Å². The fourth-order valence-electron chi connectivity index (χ4n) is 1.30. The number of rotatable bonds is 2. The normalized spacial score (nSPS) is 12.7. The van der Waals surface area contributed by atoms with Gasteiger partial charge in [-0.2, -0.15) is 5.10 Å². The Morgan fingerprint density at radius 2 is 2.27 bits per heavy atom. The Bertz CT molecular complexity index is 454. The summed E-state index contributed by atoms with van der Waals surface area (Å²) in [5, 5.41) is 13.4. The van der Waals surface area contributed by atoms with Gasteiger partial charge in [-0.15, -0.1) is 0 Å². The van der Waals surface area contributed by atoms with Crippen LogP contribution in [0.25, 0.3) is 5.69 Å². The largest absolute Gasteiger partial charge is 0.389 e. The van der Waals surface area contributed by atoms with Crippen molar-refractivity contribution < 1.29 is 5.11 Å². The number of aliphatic hydroxyl groups excluding tert-OH is 1. The lowest BCUT2D eigenvalue weighted by Crippen LogP contribution is -1.98. The lowest BCUT2D eigenvalue weighted by molar-refractivity contribution is 0.199. The third kappa shape index (κ3) is 2.08. The van der Waals surface area contributed by atoms with Crippen LogP contribution in [0, 0.1) is 0 Å². The van der Waals surface area contributed by atoms with E-state index in [-0.39, 0.29) is 0 Å². The topological polar surface area (TPSA) is 50.9 Å². The average molecular weight is 268 g/mol. The van der Waals surface area contributed by atoms with Crippen LogP contribution < -0.4 is 0 Å². The molecular formula is C10H10BrN3O. The molecule has 78 valence electrons. The van der Waals surface area contributed by atoms with Gasteiger partial charge in [0.15, 0.2) is 0 Å². The van der Waals surface area contributed by atoms with Crippen LogP contribution >= 0.6 is 15.9 Å². The van der Waals surface area contributed by atoms with Crippen LogP contribution in [0.4, 0.5) is 0 Å². The van der Waals surface area contributed by atoms with Gasteiger partial charge in [-0.25, -0.2) is 9.67 Å². The van der Waals surface area contributed by atoms with Gasteiger partial charge in [-0.1, -0.05) is 6.07 Å². The summed E-state index contributed by atoms with van der Waals surface area (Å²) in [7, 11) is 0. The van der Waals surface area contributed by atoms with Crippen molar-refractivity contribution in [2.75, 3.05) is 0 Å². The first-order chi connectivity index (χ1) is 7.18. The van der Waals surface area contributed by atoms with E-state index in [2.05, 4.69) is 26.0 Å². The van der Waals surface area contributed by atoms with Crippen molar-refractivity contribution in [3.8, 4) is 5.69 Å². The van der Waals surface area contributed by atoms with Gasteiger partial charge in [-0.3, -0.25) is 0 Å². The first-order valence-electron chi connectivity index (χ1n) is 4.51. The first-order valence-corrected chi connectivity index (χ1v) is 5.30. The molecule has 0 fully saturated rings. The van der Waals surface area contributed by atoms with E-state index in [4.69, 9.17) is 0 Å². The van der Waals surface area contributed by atoms with Crippen molar-refractivity contribution in [3.63, 3.8) is 0 Å². The summed E-state index contributed by atoms with van der Waals surface area (Å²) < 4.78 is 2.54. The molecule has 2 aromatic rings. The molecule has 0 bridgehead atoms. The lowest BCUT2D eigenvalue weighted by Gasteiger charge is -2.08. The summed E-state index contributed by atoms with van der Waals surface area (Å²) in [5.74, 6) is 0. The molecule has 5 heteroatoms. The fraction of sp³-hybridized carbons (Fsp3) is 0.200. The molecule has 0 amide bonds. The first kappa shape index (κ1) is 10.3. The molecule has 1 heterocycles. The number of benzene rings is 1. The van der Waals surface area contributed by atoms with E-state index >= 15 is 0 Å². The Morgan fingerprint density at radius 1 is 1.47 bits per heavy atom. The highest BCUT2D eigenvalue weighted by molar-refractivity contribution is 9.10. The number of aliphatic hydroxyl groups is 1. The summed E-state index contributed by atoms with van der Waals surface area (Å²) in [4.78, 5) is 3.88. The minimum Gasteiger partial charge on any atom is -0.389 e. The van der Waals surface area contributed by atoms with E-state index in [9.17, 15) is 5.11 Å². The summed E-state index contributed by atoms with van der Waals surface area (Å²) in [6.07, 6.45) is 2.64. The Morgan fingerprint density at radius 3 is 2.80 bits per heavy atom. The maximum absolute atomic E-state index is 9.41. The minimum atomic E-state index is -0.467. The highest BCUT2D eigenvalue weighted by Gasteiger charge is 2.06. The van der Waals surface area contributed by atoms with Gasteiger partial charge in [0.2, 0.25) is 0 Å². The van der Waals surface area contributed by atoms with Crippen LogP contribution in [0.15, 0.2) is 35.3 Å². The highest BCUT2D eigenvalue weighted by Crippen LogP contribution is 2.24. The van der Waals surface area contributed by atoms with Crippen molar-refractivity contribution in [2.24, 2.45) is 0 Å². The molecule has 0 aliphatic carbocycles. The molecule has 1 aromatic carbocycles. The molecule has 2 rings (SSSR count). The van der Waals surface area contributed by atoms with Crippen LogP contribution in [0.1, 0.15) is 18.6 Å². The van der Waals surface area contributed by atoms with Crippen molar-refractivity contribution in [2.45, 2.75) is 13.0 Å². The second kappa shape index (κ2) is 4.12. The lowest BCUT2D eigenvalue weighted by atomic mass is 10.1. The van der Waals surface area contributed by atoms with Crippen molar-refractivity contribution in [1.29, 1.82) is 0 Å². The van der Waals surface area contributed by atoms with E-state index < -0.39 is 6.10 Å². The molecule has 0 aliphatic heterocycles. The summed E-state index contributed by atoms with van der Waals surface area (Å²) in [6, 6.07) is 5.63. The molecule has 1 atom stereocenters. The predicted octanol–water partition coefficient (Wildman–Crippen LogP) is 2.08. The number of aromatic nitrogens is 3. The standard InChI is InChI=1S/C10H10BrN3O/c1-7(15)8-2-3-10(9(11)4-8)14-6-12-5-13-14/h2-7,15H,1H3.